The summed E-state index contributed by atoms with van der Waals surface area (Å²) in [6, 6.07) is 72.4. The van der Waals surface area contributed by atoms with Crippen molar-refractivity contribution in [1.29, 1.82) is 0 Å². The molecule has 0 saturated heterocycles. The molecule has 0 bridgehead atoms. The zero-order valence-corrected chi connectivity index (χ0v) is 43.4. The van der Waals surface area contributed by atoms with Gasteiger partial charge in [-0.1, -0.05) is 145 Å². The fourth-order valence-corrected chi connectivity index (χ4v) is 23.2. The number of fused-ring (bicyclic) bond motifs is 6. The van der Waals surface area contributed by atoms with Crippen molar-refractivity contribution >= 4 is 134 Å². The van der Waals surface area contributed by atoms with Gasteiger partial charge in [0, 0.05) is 11.4 Å². The Kier molecular flexibility index (Phi) is 8.07. The second-order valence-electron chi connectivity index (χ2n) is 20.2. The van der Waals surface area contributed by atoms with Gasteiger partial charge in [0.2, 0.25) is 0 Å². The maximum atomic E-state index is 7.16. The molecule has 0 amide bonds. The quantitative estimate of drug-likeness (QED) is 0.128. The summed E-state index contributed by atoms with van der Waals surface area (Å²) < 4.78 is 27.2. The fourth-order valence-electron chi connectivity index (χ4n) is 13.2. The lowest BCUT2D eigenvalue weighted by Gasteiger charge is -2.45. The Morgan fingerprint density at radius 3 is 1.01 bits per heavy atom. The van der Waals surface area contributed by atoms with E-state index in [9.17, 15) is 0 Å². The van der Waals surface area contributed by atoms with Crippen LogP contribution in [0.15, 0.2) is 218 Å². The van der Waals surface area contributed by atoms with E-state index in [-0.39, 0.29) is 0 Å². The molecule has 18 rings (SSSR count). The normalized spacial score (nSPS) is 15.3. The first kappa shape index (κ1) is 41.8. The van der Waals surface area contributed by atoms with Crippen LogP contribution in [0.4, 0.5) is 34.1 Å². The van der Waals surface area contributed by atoms with E-state index in [4.69, 9.17) is 42.6 Å². The predicted octanol–water partition coefficient (Wildman–Crippen LogP) is 16.0. The topological polar surface area (TPSA) is 43.4 Å². The molecule has 0 spiro atoms. The van der Waals surface area contributed by atoms with Crippen LogP contribution >= 0.6 is 12.1 Å². The zero-order chi connectivity index (χ0) is 49.8. The van der Waals surface area contributed by atoms with Crippen molar-refractivity contribution in [3.05, 3.63) is 218 Å². The summed E-state index contributed by atoms with van der Waals surface area (Å²) in [5, 5.41) is 13.7. The Labute approximate surface area is 446 Å². The second kappa shape index (κ2) is 14.7. The van der Waals surface area contributed by atoms with Crippen LogP contribution in [0.3, 0.4) is 0 Å². The van der Waals surface area contributed by atoms with Gasteiger partial charge in [-0.2, -0.15) is 0 Å². The minimum atomic E-state index is -2.67. The van der Waals surface area contributed by atoms with Crippen LogP contribution in [0.2, 0.25) is 0 Å². The SMILES string of the molecule is S=P12c3c4cccc3Oc3cccc(c31)N(c1ccc(-c3ccc(-c5cc6c7c(c5)Oc5cccc8c5P7(=S)c5c(cccc5N8c5ccc7c8ccccc8c8ccccc8c7c5)O6)cc3)cc1)c1cccc(c12)O4. The van der Waals surface area contributed by atoms with Gasteiger partial charge in [-0.25, -0.2) is 0 Å². The van der Waals surface area contributed by atoms with Gasteiger partial charge in [-0.3, -0.25) is 0 Å². The molecule has 356 valence electrons. The van der Waals surface area contributed by atoms with Gasteiger partial charge in [0.1, 0.15) is 46.0 Å². The molecule has 12 aromatic rings. The van der Waals surface area contributed by atoms with E-state index < -0.39 is 12.1 Å². The third kappa shape index (κ3) is 5.22. The molecule has 10 heteroatoms. The Morgan fingerprint density at radius 2 is 0.566 bits per heavy atom. The lowest BCUT2D eigenvalue weighted by atomic mass is 9.94. The number of hydrogen-bond acceptors (Lipinski definition) is 8. The van der Waals surface area contributed by atoms with Crippen molar-refractivity contribution in [3.63, 3.8) is 0 Å². The van der Waals surface area contributed by atoms with Gasteiger partial charge in [0.05, 0.1) is 66.7 Å². The van der Waals surface area contributed by atoms with Gasteiger partial charge in [0.25, 0.3) is 0 Å². The molecule has 12 aromatic carbocycles. The fraction of sp³-hybridized carbons (Fsp3) is 0. The first-order valence-corrected chi connectivity index (χ1v) is 30.9. The minimum Gasteiger partial charge on any atom is -0.456 e. The van der Waals surface area contributed by atoms with Crippen molar-refractivity contribution in [3.8, 4) is 68.2 Å². The van der Waals surface area contributed by atoms with Crippen LogP contribution in [-0.2, 0) is 23.6 Å². The first-order valence-electron chi connectivity index (χ1n) is 25.3. The van der Waals surface area contributed by atoms with E-state index in [1.807, 2.05) is 30.3 Å². The number of rotatable bonds is 4. The van der Waals surface area contributed by atoms with Gasteiger partial charge >= 0.3 is 0 Å². The van der Waals surface area contributed by atoms with Gasteiger partial charge < -0.3 is 28.7 Å². The highest BCUT2D eigenvalue weighted by molar-refractivity contribution is 8.26. The van der Waals surface area contributed by atoms with E-state index in [0.29, 0.717) is 0 Å². The summed E-state index contributed by atoms with van der Waals surface area (Å²) in [5.74, 6) is 6.34. The lowest BCUT2D eigenvalue weighted by Crippen LogP contribution is -2.42. The van der Waals surface area contributed by atoms with E-state index in [1.165, 1.54) is 32.3 Å². The molecule has 0 fully saturated rings. The lowest BCUT2D eigenvalue weighted by molar-refractivity contribution is 0.466. The Hall–Kier alpha value is -8.48. The number of nitrogens with zero attached hydrogens (tertiary/aromatic N) is 2. The maximum absolute atomic E-state index is 7.16. The molecule has 0 aliphatic carbocycles. The largest absolute Gasteiger partial charge is 0.456 e. The zero-order valence-electron chi connectivity index (χ0n) is 40.0. The molecule has 6 aliphatic rings. The van der Waals surface area contributed by atoms with Crippen molar-refractivity contribution in [2.45, 2.75) is 0 Å². The number of anilines is 6. The minimum absolute atomic E-state index is 0.758. The van der Waals surface area contributed by atoms with E-state index >= 15 is 0 Å². The highest BCUT2D eigenvalue weighted by Gasteiger charge is 2.51. The first-order chi connectivity index (χ1) is 37.4. The number of benzene rings is 12. The molecule has 0 aromatic heterocycles. The van der Waals surface area contributed by atoms with Crippen LogP contribution in [-0.4, -0.2) is 0 Å². The summed E-state index contributed by atoms with van der Waals surface area (Å²) in [6.07, 6.45) is 0. The Bertz CT molecular complexity index is 4610. The predicted molar refractivity (Wildman–Crippen MR) is 319 cm³/mol. The average Bonchev–Trinajstić information content (AvgIpc) is 3.53. The standard InChI is InChI=1S/C66H36N2O4P2S2/c75-73-61-49-14-5-18-53(61)69-57-22-9-23-58(65(57)73)70-54-19-6-15-50(62(54)73)67(49)41-30-28-38(29-31-41)37-24-26-39(27-25-37)40-34-59-66-60(35-40)72-56-21-8-17-52-64(56)74(66,76)63-51(16-7-20-55(63)71-59)68(52)42-32-33-47-45-12-2-1-10-43(45)44-11-3-4-13-46(44)48(47)36-42/h1-36H. The van der Waals surface area contributed by atoms with Crippen molar-refractivity contribution in [1.82, 2.24) is 0 Å². The summed E-state index contributed by atoms with van der Waals surface area (Å²) in [5.41, 5.74) is 10.5. The summed E-state index contributed by atoms with van der Waals surface area (Å²) in [4.78, 5) is 4.69. The van der Waals surface area contributed by atoms with Crippen molar-refractivity contribution in [2.24, 2.45) is 0 Å². The molecule has 6 nitrogen and oxygen atoms in total. The molecule has 6 heterocycles. The summed E-state index contributed by atoms with van der Waals surface area (Å²) in [7, 11) is 0. The third-order valence-corrected chi connectivity index (χ3v) is 26.1. The Morgan fingerprint density at radius 1 is 0.250 bits per heavy atom. The number of ether oxygens (including phenoxy) is 4. The third-order valence-electron chi connectivity index (χ3n) is 16.3. The van der Waals surface area contributed by atoms with Crippen LogP contribution in [0.5, 0.6) is 46.0 Å². The average molecular weight is 1050 g/mol. The van der Waals surface area contributed by atoms with Crippen molar-refractivity contribution < 1.29 is 18.9 Å². The van der Waals surface area contributed by atoms with Crippen LogP contribution in [0.25, 0.3) is 54.6 Å². The van der Waals surface area contributed by atoms with Crippen LogP contribution in [0.1, 0.15) is 0 Å². The van der Waals surface area contributed by atoms with E-state index in [2.05, 4.69) is 198 Å². The molecule has 6 aliphatic heterocycles. The van der Waals surface area contributed by atoms with E-state index in [0.717, 1.165) is 134 Å². The van der Waals surface area contributed by atoms with E-state index in [1.54, 1.807) is 0 Å². The molecule has 0 N–H and O–H groups in total. The van der Waals surface area contributed by atoms with Gasteiger partial charge in [0.15, 0.2) is 0 Å². The monoisotopic (exact) mass is 1050 g/mol. The van der Waals surface area contributed by atoms with Gasteiger partial charge in [-0.05, 0) is 152 Å². The van der Waals surface area contributed by atoms with Crippen LogP contribution in [0, 0.1) is 0 Å². The molecule has 0 unspecified atom stereocenters. The van der Waals surface area contributed by atoms with Crippen LogP contribution < -0.4 is 60.6 Å². The molecule has 0 atom stereocenters. The smallest absolute Gasteiger partial charge is 0.140 e. The summed E-state index contributed by atoms with van der Waals surface area (Å²) in [6.45, 7) is 0. The molecular formula is C66H36N2O4P2S2. The Balaban J connectivity index is 0.702. The van der Waals surface area contributed by atoms with Crippen molar-refractivity contribution in [2.75, 3.05) is 9.80 Å². The molecular weight excluding hydrogens is 1010 g/mol. The maximum Gasteiger partial charge on any atom is 0.140 e. The molecule has 0 radical (unpaired) electrons. The highest BCUT2D eigenvalue weighted by Crippen LogP contribution is 2.67. The highest BCUT2D eigenvalue weighted by atomic mass is 32.4. The second-order valence-corrected chi connectivity index (χ2v) is 28.6. The summed E-state index contributed by atoms with van der Waals surface area (Å²) >= 11 is 14.0. The molecule has 0 saturated carbocycles. The molecule has 76 heavy (non-hydrogen) atoms. The van der Waals surface area contributed by atoms with Gasteiger partial charge in [-0.15, -0.1) is 0 Å². The number of hydrogen-bond donors (Lipinski definition) is 0.